The first-order chi connectivity index (χ1) is 9.54. The lowest BCUT2D eigenvalue weighted by molar-refractivity contribution is -0.139. The van der Waals surface area contributed by atoms with Gasteiger partial charge in [-0.2, -0.15) is 0 Å². The molecule has 1 rings (SSSR count). The fourth-order valence-corrected chi connectivity index (χ4v) is 2.53. The lowest BCUT2D eigenvalue weighted by Crippen LogP contribution is -2.51. The van der Waals surface area contributed by atoms with Gasteiger partial charge in [-0.05, 0) is 53.2 Å². The van der Waals surface area contributed by atoms with Gasteiger partial charge in [-0.1, -0.05) is 6.07 Å². The summed E-state index contributed by atoms with van der Waals surface area (Å²) in [5.41, 5.74) is 2.01. The molecular weight excluding hydrogens is 264 g/mol. The van der Waals surface area contributed by atoms with Crippen molar-refractivity contribution in [2.45, 2.75) is 65.6 Å². The van der Waals surface area contributed by atoms with E-state index in [-0.39, 0.29) is 23.5 Å². The number of aromatic nitrogens is 1. The molecule has 1 heterocycles. The number of carbonyl (C=O) groups is 1. The highest BCUT2D eigenvalue weighted by atomic mass is 16.5. The molecule has 118 valence electrons. The van der Waals surface area contributed by atoms with Crippen LogP contribution < -0.4 is 0 Å². The number of ether oxygens (including phenoxy) is 1. The van der Waals surface area contributed by atoms with Gasteiger partial charge in [0, 0.05) is 23.8 Å². The van der Waals surface area contributed by atoms with Gasteiger partial charge in [0.25, 0.3) is 0 Å². The molecule has 0 radical (unpaired) electrons. The highest BCUT2D eigenvalue weighted by molar-refractivity contribution is 5.72. The average Bonchev–Trinajstić information content (AvgIpc) is 2.34. The molecule has 21 heavy (non-hydrogen) atoms. The summed E-state index contributed by atoms with van der Waals surface area (Å²) in [5.74, 6) is -0.240. The Labute approximate surface area is 128 Å². The van der Waals surface area contributed by atoms with E-state index < -0.39 is 0 Å². The van der Waals surface area contributed by atoms with E-state index >= 15 is 0 Å². The first-order valence-electron chi connectivity index (χ1n) is 7.32. The zero-order valence-electron chi connectivity index (χ0n) is 14.4. The summed E-state index contributed by atoms with van der Waals surface area (Å²) >= 11 is 0. The maximum absolute atomic E-state index is 11.2. The molecule has 0 aliphatic heterocycles. The molecule has 4 nitrogen and oxygen atoms in total. The summed E-state index contributed by atoms with van der Waals surface area (Å²) in [7, 11) is 1.40. The van der Waals surface area contributed by atoms with Crippen molar-refractivity contribution in [1.82, 2.24) is 9.88 Å². The summed E-state index contributed by atoms with van der Waals surface area (Å²) in [6, 6.07) is 3.94. The Morgan fingerprint density at radius 3 is 2.10 bits per heavy atom. The highest BCUT2D eigenvalue weighted by Crippen LogP contribution is 2.26. The van der Waals surface area contributed by atoms with Crippen LogP contribution in [0.1, 0.15) is 52.8 Å². The van der Waals surface area contributed by atoms with E-state index in [1.807, 2.05) is 12.1 Å². The van der Waals surface area contributed by atoms with Gasteiger partial charge in [-0.3, -0.25) is 14.7 Å². The van der Waals surface area contributed by atoms with Crippen molar-refractivity contribution in [2.75, 3.05) is 7.11 Å². The van der Waals surface area contributed by atoms with Gasteiger partial charge < -0.3 is 4.74 Å². The number of pyridine rings is 1. The molecular formula is C17H28N2O2. The molecule has 0 amide bonds. The molecule has 0 bridgehead atoms. The molecule has 0 saturated heterocycles. The summed E-state index contributed by atoms with van der Waals surface area (Å²) in [6.45, 7) is 14.1. The van der Waals surface area contributed by atoms with E-state index in [1.54, 1.807) is 6.20 Å². The van der Waals surface area contributed by atoms with Crippen LogP contribution in [0.4, 0.5) is 0 Å². The molecule has 0 N–H and O–H groups in total. The molecule has 4 heteroatoms. The Kier molecular flexibility index (Phi) is 5.51. The summed E-state index contributed by atoms with van der Waals surface area (Å²) < 4.78 is 4.66. The molecule has 0 unspecified atom stereocenters. The third kappa shape index (κ3) is 5.46. The maximum atomic E-state index is 11.2. The molecule has 0 spiro atoms. The van der Waals surface area contributed by atoms with Crippen molar-refractivity contribution in [3.63, 3.8) is 0 Å². The number of esters is 1. The predicted octanol–water partition coefficient (Wildman–Crippen LogP) is 3.20. The van der Waals surface area contributed by atoms with Gasteiger partial charge in [-0.25, -0.2) is 0 Å². The normalized spacial score (nSPS) is 12.6. The van der Waals surface area contributed by atoms with E-state index in [4.69, 9.17) is 0 Å². The first kappa shape index (κ1) is 17.6. The van der Waals surface area contributed by atoms with Crippen LogP contribution in [-0.2, 0) is 22.5 Å². The largest absolute Gasteiger partial charge is 0.469 e. The van der Waals surface area contributed by atoms with E-state index in [9.17, 15) is 4.79 Å². The van der Waals surface area contributed by atoms with Crippen molar-refractivity contribution in [3.05, 3.63) is 29.6 Å². The number of rotatable bonds is 4. The molecule has 0 saturated carbocycles. The molecule has 0 atom stereocenters. The monoisotopic (exact) mass is 292 g/mol. The van der Waals surface area contributed by atoms with E-state index in [0.29, 0.717) is 0 Å². The number of nitrogens with zero attached hydrogens (tertiary/aromatic N) is 2. The van der Waals surface area contributed by atoms with Crippen LogP contribution in [0.15, 0.2) is 18.3 Å². The van der Waals surface area contributed by atoms with Crippen LogP contribution >= 0.6 is 0 Å². The second-order valence-corrected chi connectivity index (χ2v) is 7.34. The lowest BCUT2D eigenvalue weighted by Gasteiger charge is -2.45. The Bertz CT molecular complexity index is 453. The van der Waals surface area contributed by atoms with Gasteiger partial charge >= 0.3 is 5.97 Å². The molecule has 1 aromatic heterocycles. The first-order valence-corrected chi connectivity index (χ1v) is 7.32. The maximum Gasteiger partial charge on any atom is 0.310 e. The summed E-state index contributed by atoms with van der Waals surface area (Å²) in [4.78, 5) is 18.2. The number of methoxy groups -OCH3 is 1. The van der Waals surface area contributed by atoms with Gasteiger partial charge in [-0.15, -0.1) is 0 Å². The predicted molar refractivity (Wildman–Crippen MR) is 85.0 cm³/mol. The topological polar surface area (TPSA) is 42.4 Å². The second kappa shape index (κ2) is 6.56. The number of carbonyl (C=O) groups excluding carboxylic acids is 1. The van der Waals surface area contributed by atoms with Gasteiger partial charge in [0.1, 0.15) is 0 Å². The Balaban J connectivity index is 2.84. The van der Waals surface area contributed by atoms with Crippen molar-refractivity contribution >= 4 is 5.97 Å². The minimum Gasteiger partial charge on any atom is -0.469 e. The fourth-order valence-electron chi connectivity index (χ4n) is 2.53. The third-order valence-electron chi connectivity index (χ3n) is 3.40. The molecule has 1 aromatic rings. The zero-order valence-corrected chi connectivity index (χ0v) is 14.4. The van der Waals surface area contributed by atoms with Gasteiger partial charge in [0.2, 0.25) is 0 Å². The van der Waals surface area contributed by atoms with Crippen molar-refractivity contribution < 1.29 is 9.53 Å². The average molecular weight is 292 g/mol. The Morgan fingerprint density at radius 2 is 1.71 bits per heavy atom. The molecule has 0 fully saturated rings. The second-order valence-electron chi connectivity index (χ2n) is 7.34. The number of hydrogen-bond donors (Lipinski definition) is 0. The molecule has 0 aromatic carbocycles. The third-order valence-corrected chi connectivity index (χ3v) is 3.40. The SMILES string of the molecule is COC(=O)Cc1ccc(CN(C(C)(C)C)C(C)(C)C)nc1. The van der Waals surface area contributed by atoms with Crippen LogP contribution in [0.3, 0.4) is 0 Å². The van der Waals surface area contributed by atoms with Gasteiger partial charge in [0.05, 0.1) is 19.2 Å². The molecule has 0 aliphatic carbocycles. The van der Waals surface area contributed by atoms with E-state index in [2.05, 4.69) is 56.2 Å². The highest BCUT2D eigenvalue weighted by Gasteiger charge is 2.31. The quantitative estimate of drug-likeness (QED) is 0.799. The van der Waals surface area contributed by atoms with Crippen LogP contribution in [-0.4, -0.2) is 34.0 Å². The molecule has 0 aliphatic rings. The fraction of sp³-hybridized carbons (Fsp3) is 0.647. The van der Waals surface area contributed by atoms with Crippen LogP contribution in [0.2, 0.25) is 0 Å². The zero-order chi connectivity index (χ0) is 16.3. The minimum atomic E-state index is -0.240. The van der Waals surface area contributed by atoms with Crippen molar-refractivity contribution in [3.8, 4) is 0 Å². The summed E-state index contributed by atoms with van der Waals surface area (Å²) in [6.07, 6.45) is 2.03. The Hall–Kier alpha value is -1.42. The minimum absolute atomic E-state index is 0.0601. The van der Waals surface area contributed by atoms with Crippen LogP contribution in [0.5, 0.6) is 0 Å². The van der Waals surface area contributed by atoms with Crippen molar-refractivity contribution in [1.29, 1.82) is 0 Å². The van der Waals surface area contributed by atoms with E-state index in [1.165, 1.54) is 7.11 Å². The van der Waals surface area contributed by atoms with E-state index in [0.717, 1.165) is 17.8 Å². The summed E-state index contributed by atoms with van der Waals surface area (Å²) in [5, 5.41) is 0. The van der Waals surface area contributed by atoms with Gasteiger partial charge in [0.15, 0.2) is 0 Å². The van der Waals surface area contributed by atoms with Crippen molar-refractivity contribution in [2.24, 2.45) is 0 Å². The van der Waals surface area contributed by atoms with Crippen LogP contribution in [0, 0.1) is 0 Å². The Morgan fingerprint density at radius 1 is 1.14 bits per heavy atom. The standard InChI is InChI=1S/C17H28N2O2/c1-16(2,3)19(17(4,5)6)12-14-9-8-13(11-18-14)10-15(20)21-7/h8-9,11H,10,12H2,1-7H3. The smallest absolute Gasteiger partial charge is 0.310 e. The number of hydrogen-bond acceptors (Lipinski definition) is 4. The lowest BCUT2D eigenvalue weighted by atomic mass is 9.95. The van der Waals surface area contributed by atoms with Crippen LogP contribution in [0.25, 0.3) is 0 Å².